The zero-order valence-corrected chi connectivity index (χ0v) is 22.6. The molecule has 0 radical (unpaired) electrons. The summed E-state index contributed by atoms with van der Waals surface area (Å²) in [6.07, 6.45) is 8.43. The molecular formula is C31H42N4O3. The Hall–Kier alpha value is -3.16. The molecule has 1 heterocycles. The highest BCUT2D eigenvalue weighted by molar-refractivity contribution is 5.87. The van der Waals surface area contributed by atoms with Crippen molar-refractivity contribution in [2.75, 3.05) is 32.7 Å². The van der Waals surface area contributed by atoms with Gasteiger partial charge in [0.1, 0.15) is 5.75 Å². The van der Waals surface area contributed by atoms with E-state index < -0.39 is 0 Å². The Morgan fingerprint density at radius 2 is 1.79 bits per heavy atom. The number of aromatic amines is 1. The topological polar surface area (TPSA) is 103 Å². The fourth-order valence-corrected chi connectivity index (χ4v) is 5.73. The summed E-state index contributed by atoms with van der Waals surface area (Å²) < 4.78 is 0. The largest absolute Gasteiger partial charge is 0.506 e. The average Bonchev–Trinajstić information content (AvgIpc) is 2.91. The maximum Gasteiger partial charge on any atom is 0.248 e. The predicted octanol–water partition coefficient (Wildman–Crippen LogP) is 4.14. The molecule has 1 amide bonds. The number of hydrogen-bond donors (Lipinski definition) is 3. The molecule has 0 aliphatic heterocycles. The lowest BCUT2D eigenvalue weighted by Gasteiger charge is -2.36. The number of pyridine rings is 1. The van der Waals surface area contributed by atoms with Crippen LogP contribution in [0.1, 0.15) is 55.2 Å². The van der Waals surface area contributed by atoms with Crippen molar-refractivity contribution in [3.05, 3.63) is 75.6 Å². The van der Waals surface area contributed by atoms with Gasteiger partial charge >= 0.3 is 0 Å². The first-order valence-electron chi connectivity index (χ1n) is 14.0. The van der Waals surface area contributed by atoms with Crippen LogP contribution in [0.3, 0.4) is 0 Å². The number of aromatic nitrogens is 1. The van der Waals surface area contributed by atoms with E-state index in [2.05, 4.69) is 46.0 Å². The molecule has 7 nitrogen and oxygen atoms in total. The lowest BCUT2D eigenvalue weighted by Crippen LogP contribution is -2.44. The van der Waals surface area contributed by atoms with E-state index in [1.807, 2.05) is 12.1 Å². The summed E-state index contributed by atoms with van der Waals surface area (Å²) in [6.45, 7) is 6.42. The molecule has 0 unspecified atom stereocenters. The summed E-state index contributed by atoms with van der Waals surface area (Å²) in [5, 5.41) is 11.2. The minimum Gasteiger partial charge on any atom is -0.506 e. The Bertz CT molecular complexity index is 1270. The number of primary amides is 1. The summed E-state index contributed by atoms with van der Waals surface area (Å²) in [5.41, 5.74) is 9.50. The number of benzene rings is 2. The number of phenolic OH excluding ortho intramolecular Hbond substituents is 1. The number of H-pyrrole nitrogens is 1. The number of hydrogen-bond acceptors (Lipinski definition) is 5. The number of rotatable bonds is 13. The highest BCUT2D eigenvalue weighted by atomic mass is 16.3. The maximum atomic E-state index is 11.8. The van der Waals surface area contributed by atoms with Crippen LogP contribution >= 0.6 is 0 Å². The van der Waals surface area contributed by atoms with Gasteiger partial charge in [0.2, 0.25) is 11.5 Å². The minimum atomic E-state index is -0.257. The molecule has 0 bridgehead atoms. The third-order valence-corrected chi connectivity index (χ3v) is 7.90. The predicted molar refractivity (Wildman–Crippen MR) is 154 cm³/mol. The van der Waals surface area contributed by atoms with Crippen LogP contribution in [0.2, 0.25) is 0 Å². The summed E-state index contributed by atoms with van der Waals surface area (Å²) in [7, 11) is 0. The van der Waals surface area contributed by atoms with Crippen LogP contribution in [0.25, 0.3) is 10.9 Å². The van der Waals surface area contributed by atoms with Crippen molar-refractivity contribution < 1.29 is 9.90 Å². The lowest BCUT2D eigenvalue weighted by molar-refractivity contribution is -0.118. The van der Waals surface area contributed by atoms with Crippen LogP contribution < -0.4 is 11.3 Å². The van der Waals surface area contributed by atoms with Gasteiger partial charge in [-0.1, -0.05) is 55.2 Å². The molecule has 0 saturated heterocycles. The van der Waals surface area contributed by atoms with E-state index in [-0.39, 0.29) is 17.2 Å². The molecule has 1 aliphatic rings. The van der Waals surface area contributed by atoms with Gasteiger partial charge in [0, 0.05) is 56.6 Å². The van der Waals surface area contributed by atoms with Crippen molar-refractivity contribution in [2.24, 2.45) is 5.73 Å². The second-order valence-electron chi connectivity index (χ2n) is 10.7. The van der Waals surface area contributed by atoms with Gasteiger partial charge in [-0.3, -0.25) is 14.5 Å². The van der Waals surface area contributed by atoms with Crippen LogP contribution in [0.4, 0.5) is 0 Å². The lowest BCUT2D eigenvalue weighted by atomic mass is 9.93. The molecule has 1 aliphatic carbocycles. The molecule has 4 N–H and O–H groups in total. The second-order valence-corrected chi connectivity index (χ2v) is 10.7. The van der Waals surface area contributed by atoms with Crippen LogP contribution in [0, 0.1) is 6.92 Å². The van der Waals surface area contributed by atoms with E-state index in [0.29, 0.717) is 24.5 Å². The molecule has 1 saturated carbocycles. The van der Waals surface area contributed by atoms with E-state index in [1.54, 1.807) is 6.07 Å². The Kier molecular flexibility index (Phi) is 9.96. The Labute approximate surface area is 225 Å². The van der Waals surface area contributed by atoms with Crippen molar-refractivity contribution >= 4 is 16.8 Å². The number of nitrogens with zero attached hydrogens (tertiary/aromatic N) is 2. The molecule has 7 heteroatoms. The van der Waals surface area contributed by atoms with Gasteiger partial charge in [0.15, 0.2) is 0 Å². The van der Waals surface area contributed by atoms with Crippen LogP contribution in [0.15, 0.2) is 53.3 Å². The van der Waals surface area contributed by atoms with E-state index in [9.17, 15) is 14.7 Å². The summed E-state index contributed by atoms with van der Waals surface area (Å²) in [4.78, 5) is 31.2. The maximum absolute atomic E-state index is 11.8. The third kappa shape index (κ3) is 7.92. The number of carbonyl (C=O) groups excluding carboxylic acids is 1. The van der Waals surface area contributed by atoms with E-state index in [0.717, 1.165) is 50.0 Å². The zero-order chi connectivity index (χ0) is 26.9. The molecule has 3 aromatic rings. The normalized spacial score (nSPS) is 14.5. The highest BCUT2D eigenvalue weighted by Crippen LogP contribution is 2.27. The molecule has 2 aromatic carbocycles. The van der Waals surface area contributed by atoms with Crippen molar-refractivity contribution in [1.29, 1.82) is 0 Å². The first kappa shape index (κ1) is 27.9. The average molecular weight is 519 g/mol. The third-order valence-electron chi connectivity index (χ3n) is 7.90. The molecule has 0 spiro atoms. The highest BCUT2D eigenvalue weighted by Gasteiger charge is 2.22. The number of carbonyl (C=O) groups is 1. The van der Waals surface area contributed by atoms with Gasteiger partial charge in [-0.25, -0.2) is 0 Å². The SMILES string of the molecule is Cc1cccc(CCN(CCC(N)=O)CCN(CCc2ccc(O)c3[nH]c(=O)ccc23)C2CCCCC2)c1. The molecule has 4 rings (SSSR count). The number of amides is 1. The fraction of sp³-hybridized carbons (Fsp3) is 0.484. The van der Waals surface area contributed by atoms with E-state index >= 15 is 0 Å². The van der Waals surface area contributed by atoms with Crippen molar-refractivity contribution in [1.82, 2.24) is 14.8 Å². The summed E-state index contributed by atoms with van der Waals surface area (Å²) >= 11 is 0. The Morgan fingerprint density at radius 1 is 0.974 bits per heavy atom. The second kappa shape index (κ2) is 13.6. The molecule has 1 aromatic heterocycles. The van der Waals surface area contributed by atoms with E-state index in [1.165, 1.54) is 49.3 Å². The quantitative estimate of drug-likeness (QED) is 0.316. The summed E-state index contributed by atoms with van der Waals surface area (Å²) in [6, 6.07) is 16.2. The van der Waals surface area contributed by atoms with Crippen LogP contribution in [0.5, 0.6) is 5.75 Å². The van der Waals surface area contributed by atoms with Gasteiger partial charge < -0.3 is 20.7 Å². The van der Waals surface area contributed by atoms with Crippen molar-refractivity contribution in [2.45, 2.75) is 64.3 Å². The number of nitrogens with two attached hydrogens (primary N) is 1. The molecule has 0 atom stereocenters. The van der Waals surface area contributed by atoms with Gasteiger partial charge in [0.25, 0.3) is 0 Å². The summed E-state index contributed by atoms with van der Waals surface area (Å²) in [5.74, 6) is -0.156. The van der Waals surface area contributed by atoms with Crippen LogP contribution in [-0.2, 0) is 17.6 Å². The molecule has 204 valence electrons. The first-order valence-corrected chi connectivity index (χ1v) is 14.0. The van der Waals surface area contributed by atoms with Gasteiger partial charge in [-0.2, -0.15) is 0 Å². The monoisotopic (exact) mass is 518 g/mol. The van der Waals surface area contributed by atoms with Crippen LogP contribution in [-0.4, -0.2) is 64.6 Å². The fourth-order valence-electron chi connectivity index (χ4n) is 5.73. The number of nitrogens with one attached hydrogen (secondary N) is 1. The van der Waals surface area contributed by atoms with Gasteiger partial charge in [-0.05, 0) is 55.9 Å². The van der Waals surface area contributed by atoms with Gasteiger partial charge in [-0.15, -0.1) is 0 Å². The molecular weight excluding hydrogens is 476 g/mol. The zero-order valence-electron chi connectivity index (χ0n) is 22.6. The number of aromatic hydroxyl groups is 1. The number of aryl methyl sites for hydroxylation is 1. The first-order chi connectivity index (χ1) is 18.4. The number of phenols is 1. The Morgan fingerprint density at radius 3 is 2.55 bits per heavy atom. The smallest absolute Gasteiger partial charge is 0.248 e. The standard InChI is InChI=1S/C31H42N4O3/c1-23-6-5-7-24(22-23)14-17-34(18-16-29(32)37)20-21-35(26-8-3-2-4-9-26)19-15-25-10-12-28(36)31-27(25)11-13-30(38)33-31/h5-7,10-13,22,26,36H,2-4,8-9,14-21H2,1H3,(H2,32,37)(H,33,38). The Balaban J connectivity index is 1.45. The molecule has 1 fully saturated rings. The van der Waals surface area contributed by atoms with Gasteiger partial charge in [0.05, 0.1) is 5.52 Å². The molecule has 38 heavy (non-hydrogen) atoms. The van der Waals surface area contributed by atoms with Crippen molar-refractivity contribution in [3.8, 4) is 5.75 Å². The van der Waals surface area contributed by atoms with Crippen molar-refractivity contribution in [3.63, 3.8) is 0 Å². The van der Waals surface area contributed by atoms with E-state index in [4.69, 9.17) is 5.73 Å². The number of fused-ring (bicyclic) bond motifs is 1. The minimum absolute atomic E-state index is 0.101.